The second-order valence-electron chi connectivity index (χ2n) is 5.49. The van der Waals surface area contributed by atoms with Crippen LogP contribution in [0.3, 0.4) is 0 Å². The molecule has 4 heterocycles. The first-order valence-corrected chi connectivity index (χ1v) is 7.65. The summed E-state index contributed by atoms with van der Waals surface area (Å²) in [6, 6.07) is 1.20. The zero-order chi connectivity index (χ0) is 18.7. The van der Waals surface area contributed by atoms with Gasteiger partial charge in [-0.1, -0.05) is 0 Å². The highest BCUT2D eigenvalue weighted by Gasteiger charge is 2.34. The molecule has 0 saturated carbocycles. The Bertz CT molecular complexity index is 997. The number of fused-ring (bicyclic) bond motifs is 1. The van der Waals surface area contributed by atoms with Crippen LogP contribution in [0.1, 0.15) is 12.6 Å². The summed E-state index contributed by atoms with van der Waals surface area (Å²) in [5.74, 6) is 0.433. The van der Waals surface area contributed by atoms with Gasteiger partial charge in [-0.05, 0) is 0 Å². The average molecular weight is 363 g/mol. The number of hydrogen-bond donors (Lipinski definition) is 5. The quantitative estimate of drug-likeness (QED) is 0.347. The largest absolute Gasteiger partial charge is 0.394 e. The minimum atomic E-state index is -0.811. The lowest BCUT2D eigenvalue weighted by atomic mass is 10.2. The van der Waals surface area contributed by atoms with E-state index in [4.69, 9.17) is 15.6 Å². The first-order valence-electron chi connectivity index (χ1n) is 7.65. The number of anilines is 1. The van der Waals surface area contributed by atoms with E-state index < -0.39 is 29.7 Å². The molecule has 3 atom stereocenters. The van der Waals surface area contributed by atoms with E-state index in [1.165, 1.54) is 29.5 Å². The van der Waals surface area contributed by atoms with Gasteiger partial charge in [0.15, 0.2) is 11.5 Å². The van der Waals surface area contributed by atoms with Crippen LogP contribution in [0.4, 0.5) is 5.82 Å². The van der Waals surface area contributed by atoms with Crippen molar-refractivity contribution in [3.63, 3.8) is 0 Å². The van der Waals surface area contributed by atoms with Gasteiger partial charge in [0, 0.05) is 18.7 Å². The van der Waals surface area contributed by atoms with Crippen molar-refractivity contribution >= 4 is 17.0 Å². The Labute approximate surface area is 145 Å². The van der Waals surface area contributed by atoms with Gasteiger partial charge in [-0.25, -0.2) is 19.7 Å². The van der Waals surface area contributed by atoms with Crippen LogP contribution < -0.4 is 17.0 Å². The molecule has 3 aromatic rings. The summed E-state index contributed by atoms with van der Waals surface area (Å²) < 4.78 is 6.45. The molecule has 0 spiro atoms. The molecule has 1 aliphatic rings. The number of aromatic nitrogens is 6. The summed E-state index contributed by atoms with van der Waals surface area (Å²) in [4.78, 5) is 38.7. The molecule has 0 amide bonds. The molecule has 0 aliphatic carbocycles. The summed E-state index contributed by atoms with van der Waals surface area (Å²) >= 11 is 0. The Morgan fingerprint density at radius 1 is 1.35 bits per heavy atom. The van der Waals surface area contributed by atoms with Gasteiger partial charge in [-0.15, -0.1) is 0 Å². The van der Waals surface area contributed by atoms with E-state index >= 15 is 0 Å². The van der Waals surface area contributed by atoms with Crippen LogP contribution in [0.25, 0.3) is 11.2 Å². The van der Waals surface area contributed by atoms with Crippen molar-refractivity contribution in [3.05, 3.63) is 45.8 Å². The first kappa shape index (κ1) is 17.7. The van der Waals surface area contributed by atoms with E-state index in [1.807, 2.05) is 0 Å². The van der Waals surface area contributed by atoms with Crippen molar-refractivity contribution in [1.29, 1.82) is 0 Å². The minimum absolute atomic E-state index is 0.206. The Hall–Kier alpha value is -3.09. The second kappa shape index (κ2) is 7.43. The number of H-pyrrole nitrogens is 2. The van der Waals surface area contributed by atoms with Gasteiger partial charge < -0.3 is 25.7 Å². The number of hydrogen-bond acceptors (Lipinski definition) is 9. The number of aliphatic hydroxyl groups excluding tert-OH is 2. The van der Waals surface area contributed by atoms with Crippen molar-refractivity contribution in [1.82, 2.24) is 29.5 Å². The SMILES string of the molecule is Nc1ncnc2nc[nH]c12.O=c1ccn([C@H]2C[C@H](O)[C@@H](CO)O2)c(=O)[nH]1. The van der Waals surface area contributed by atoms with E-state index in [-0.39, 0.29) is 13.0 Å². The highest BCUT2D eigenvalue weighted by atomic mass is 16.5. The summed E-state index contributed by atoms with van der Waals surface area (Å²) in [5.41, 5.74) is 5.70. The molecule has 6 N–H and O–H groups in total. The van der Waals surface area contributed by atoms with Crippen molar-refractivity contribution in [3.8, 4) is 0 Å². The number of aliphatic hydroxyl groups is 2. The highest BCUT2D eigenvalue weighted by molar-refractivity contribution is 5.80. The Morgan fingerprint density at radius 2 is 2.15 bits per heavy atom. The van der Waals surface area contributed by atoms with Gasteiger partial charge in [0.1, 0.15) is 24.2 Å². The van der Waals surface area contributed by atoms with E-state index in [2.05, 4.69) is 24.9 Å². The van der Waals surface area contributed by atoms with Gasteiger partial charge in [0.25, 0.3) is 5.56 Å². The molecule has 26 heavy (non-hydrogen) atoms. The number of nitrogens with one attached hydrogen (secondary N) is 2. The molecule has 12 nitrogen and oxygen atoms in total. The van der Waals surface area contributed by atoms with Crippen LogP contribution >= 0.6 is 0 Å². The molecule has 1 aliphatic heterocycles. The number of nitrogens with zero attached hydrogens (tertiary/aromatic N) is 4. The Kier molecular flexibility index (Phi) is 5.06. The normalized spacial score (nSPS) is 22.2. The average Bonchev–Trinajstić information content (AvgIpc) is 3.22. The van der Waals surface area contributed by atoms with Gasteiger partial charge >= 0.3 is 5.69 Å². The molecule has 12 heteroatoms. The highest BCUT2D eigenvalue weighted by Crippen LogP contribution is 2.26. The van der Waals surface area contributed by atoms with Crippen LogP contribution in [0.2, 0.25) is 0 Å². The van der Waals surface area contributed by atoms with Crippen molar-refractivity contribution < 1.29 is 14.9 Å². The molecule has 3 aromatic heterocycles. The summed E-state index contributed by atoms with van der Waals surface area (Å²) in [7, 11) is 0. The fourth-order valence-corrected chi connectivity index (χ4v) is 2.49. The van der Waals surface area contributed by atoms with Crippen molar-refractivity contribution in [2.24, 2.45) is 0 Å². The molecule has 0 bridgehead atoms. The summed E-state index contributed by atoms with van der Waals surface area (Å²) in [6.45, 7) is -0.310. The number of nitrogen functional groups attached to an aromatic ring is 1. The number of rotatable bonds is 2. The van der Waals surface area contributed by atoms with Crippen molar-refractivity contribution in [2.45, 2.75) is 24.9 Å². The molecular formula is C14H17N7O5. The number of aromatic amines is 2. The molecule has 0 unspecified atom stereocenters. The number of imidazole rings is 1. The monoisotopic (exact) mass is 363 g/mol. The third kappa shape index (κ3) is 3.61. The Morgan fingerprint density at radius 3 is 2.81 bits per heavy atom. The lowest BCUT2D eigenvalue weighted by Crippen LogP contribution is -2.31. The lowest BCUT2D eigenvalue weighted by Gasteiger charge is -2.13. The maximum Gasteiger partial charge on any atom is 0.330 e. The molecular weight excluding hydrogens is 346 g/mol. The zero-order valence-corrected chi connectivity index (χ0v) is 13.4. The van der Waals surface area contributed by atoms with Crippen LogP contribution in [0, 0.1) is 0 Å². The zero-order valence-electron chi connectivity index (χ0n) is 13.4. The third-order valence-corrected chi connectivity index (χ3v) is 3.80. The van der Waals surface area contributed by atoms with Gasteiger partial charge in [-0.3, -0.25) is 14.3 Å². The molecule has 4 rings (SSSR count). The summed E-state index contributed by atoms with van der Waals surface area (Å²) in [6.07, 6.45) is 2.28. The second-order valence-corrected chi connectivity index (χ2v) is 5.49. The van der Waals surface area contributed by atoms with Gasteiger partial charge in [-0.2, -0.15) is 0 Å². The van der Waals surface area contributed by atoms with E-state index in [0.29, 0.717) is 17.0 Å². The third-order valence-electron chi connectivity index (χ3n) is 3.80. The maximum atomic E-state index is 11.4. The first-order chi connectivity index (χ1) is 12.5. The molecule has 1 saturated heterocycles. The topological polar surface area (TPSA) is 185 Å². The van der Waals surface area contributed by atoms with Gasteiger partial charge in [0.05, 0.1) is 19.0 Å². The Balaban J connectivity index is 0.000000167. The number of nitrogens with two attached hydrogens (primary N) is 1. The van der Waals surface area contributed by atoms with E-state index in [9.17, 15) is 14.7 Å². The fourth-order valence-electron chi connectivity index (χ4n) is 2.49. The molecule has 0 aromatic carbocycles. The van der Waals surface area contributed by atoms with Crippen LogP contribution in [0.5, 0.6) is 0 Å². The van der Waals surface area contributed by atoms with Crippen LogP contribution in [-0.2, 0) is 4.74 Å². The van der Waals surface area contributed by atoms with Crippen LogP contribution in [0.15, 0.2) is 34.5 Å². The standard InChI is InChI=1S/C9H12N2O5.C5H5N5/c12-4-6-5(13)3-8(16-6)11-2-1-7(14)10-9(11)15;6-4-3-5(9-1-7-3)10-2-8-4/h1-2,5-6,8,12-13H,3-4H2,(H,10,14,15);1-2H,(H3,6,7,8,9,10)/t5-,6+,8+;/m0./s1. The maximum absolute atomic E-state index is 11.4. The minimum Gasteiger partial charge on any atom is -0.394 e. The smallest absolute Gasteiger partial charge is 0.330 e. The van der Waals surface area contributed by atoms with Crippen molar-refractivity contribution in [2.75, 3.05) is 12.3 Å². The predicted octanol–water partition coefficient (Wildman–Crippen LogP) is -1.89. The molecule has 1 fully saturated rings. The molecule has 0 radical (unpaired) electrons. The lowest BCUT2D eigenvalue weighted by molar-refractivity contribution is -0.0459. The summed E-state index contributed by atoms with van der Waals surface area (Å²) in [5, 5.41) is 18.4. The van der Waals surface area contributed by atoms with E-state index in [1.54, 1.807) is 0 Å². The van der Waals surface area contributed by atoms with Gasteiger partial charge in [0.2, 0.25) is 0 Å². The molecule has 138 valence electrons. The fraction of sp³-hybridized carbons (Fsp3) is 0.357. The predicted molar refractivity (Wildman–Crippen MR) is 89.0 cm³/mol. The number of ether oxygens (including phenoxy) is 1. The van der Waals surface area contributed by atoms with E-state index in [0.717, 1.165) is 0 Å². The van der Waals surface area contributed by atoms with Crippen LogP contribution in [-0.4, -0.2) is 58.5 Å².